The third-order valence-corrected chi connectivity index (χ3v) is 7.93. The Morgan fingerprint density at radius 3 is 2.40 bits per heavy atom. The number of sulfonamides is 1. The second-order valence-electron chi connectivity index (χ2n) is 7.13. The molecule has 0 aliphatic carbocycles. The Hall–Kier alpha value is -1.91. The molecule has 2 aromatic rings. The van der Waals surface area contributed by atoms with E-state index in [4.69, 9.17) is 0 Å². The van der Waals surface area contributed by atoms with Gasteiger partial charge in [0.25, 0.3) is 0 Å². The molecule has 0 radical (unpaired) electrons. The van der Waals surface area contributed by atoms with Crippen molar-refractivity contribution in [2.45, 2.75) is 50.2 Å². The highest BCUT2D eigenvalue weighted by Gasteiger charge is 2.24. The molecule has 1 amide bonds. The molecule has 0 saturated heterocycles. The molecule has 1 aromatic heterocycles. The maximum atomic E-state index is 12.9. The average molecular weight is 454 g/mol. The molecule has 0 fully saturated rings. The van der Waals surface area contributed by atoms with Crippen LogP contribution in [0.15, 0.2) is 34.3 Å². The van der Waals surface area contributed by atoms with Crippen molar-refractivity contribution >= 4 is 27.7 Å². The van der Waals surface area contributed by atoms with Gasteiger partial charge >= 0.3 is 0 Å². The fourth-order valence-corrected chi connectivity index (χ4v) is 5.44. The Morgan fingerprint density at radius 2 is 1.83 bits per heavy atom. The molecule has 2 rings (SSSR count). The van der Waals surface area contributed by atoms with Crippen LogP contribution in [0.3, 0.4) is 0 Å². The number of carbonyl (C=O) groups is 1. The third-order valence-electron chi connectivity index (χ3n) is 4.96. The van der Waals surface area contributed by atoms with Crippen LogP contribution in [0, 0.1) is 0 Å². The minimum atomic E-state index is -3.57. The van der Waals surface area contributed by atoms with Crippen LogP contribution in [-0.4, -0.2) is 71.2 Å². The van der Waals surface area contributed by atoms with Gasteiger partial charge in [0.2, 0.25) is 15.9 Å². The predicted octanol–water partition coefficient (Wildman–Crippen LogP) is 3.13. The molecule has 0 spiro atoms. The van der Waals surface area contributed by atoms with Gasteiger partial charge in [0, 0.05) is 38.8 Å². The number of thioether (sulfide) groups is 1. The second-order valence-corrected chi connectivity index (χ2v) is 10.0. The van der Waals surface area contributed by atoms with E-state index < -0.39 is 10.0 Å². The van der Waals surface area contributed by atoms with Crippen LogP contribution >= 0.6 is 11.8 Å². The summed E-state index contributed by atoms with van der Waals surface area (Å²) in [5.74, 6) is 0.853. The third kappa shape index (κ3) is 5.22. The molecule has 166 valence electrons. The van der Waals surface area contributed by atoms with Gasteiger partial charge in [-0.1, -0.05) is 44.7 Å². The first-order chi connectivity index (χ1) is 14.2. The van der Waals surface area contributed by atoms with E-state index in [2.05, 4.69) is 24.0 Å². The van der Waals surface area contributed by atoms with Gasteiger partial charge in [-0.2, -0.15) is 4.31 Å². The van der Waals surface area contributed by atoms with Crippen LogP contribution in [0.1, 0.15) is 40.2 Å². The largest absolute Gasteiger partial charge is 0.348 e. The van der Waals surface area contributed by atoms with Gasteiger partial charge in [0.05, 0.1) is 10.6 Å². The van der Waals surface area contributed by atoms with E-state index >= 15 is 0 Å². The van der Waals surface area contributed by atoms with Gasteiger partial charge in [0.15, 0.2) is 11.0 Å². The average Bonchev–Trinajstić information content (AvgIpc) is 3.16. The van der Waals surface area contributed by atoms with Crippen LogP contribution < -0.4 is 0 Å². The summed E-state index contributed by atoms with van der Waals surface area (Å²) in [6, 6.07) is 6.91. The summed E-state index contributed by atoms with van der Waals surface area (Å²) < 4.78 is 29.3. The maximum absolute atomic E-state index is 12.9. The summed E-state index contributed by atoms with van der Waals surface area (Å²) in [6.07, 6.45) is 0.845. The fourth-order valence-electron chi connectivity index (χ4n) is 2.92. The van der Waals surface area contributed by atoms with Crippen LogP contribution in [-0.2, 0) is 14.8 Å². The molecule has 0 aliphatic rings. The Morgan fingerprint density at radius 1 is 1.17 bits per heavy atom. The molecule has 10 heteroatoms. The first-order valence-corrected chi connectivity index (χ1v) is 12.5. The number of nitrogens with zero attached hydrogens (tertiary/aromatic N) is 5. The lowest BCUT2D eigenvalue weighted by Crippen LogP contribution is -2.30. The highest BCUT2D eigenvalue weighted by atomic mass is 32.2. The molecule has 0 N–H and O–H groups in total. The quantitative estimate of drug-likeness (QED) is 0.514. The molecule has 0 bridgehead atoms. The van der Waals surface area contributed by atoms with Gasteiger partial charge in [-0.05, 0) is 25.5 Å². The number of hydrogen-bond donors (Lipinski definition) is 0. The number of amides is 1. The molecule has 1 heterocycles. The summed E-state index contributed by atoms with van der Waals surface area (Å²) in [5.41, 5.74) is 0.682. The Labute approximate surface area is 183 Å². The van der Waals surface area contributed by atoms with Gasteiger partial charge in [-0.15, -0.1) is 10.2 Å². The Kier molecular flexibility index (Phi) is 8.45. The van der Waals surface area contributed by atoms with Crippen LogP contribution in [0.4, 0.5) is 0 Å². The topological polar surface area (TPSA) is 88.4 Å². The summed E-state index contributed by atoms with van der Waals surface area (Å²) in [7, 11) is -0.138. The maximum Gasteiger partial charge on any atom is 0.243 e. The van der Waals surface area contributed by atoms with Crippen LogP contribution in [0.5, 0.6) is 0 Å². The van der Waals surface area contributed by atoms with Crippen molar-refractivity contribution in [3.05, 3.63) is 24.3 Å². The highest BCUT2D eigenvalue weighted by molar-refractivity contribution is 7.99. The van der Waals surface area contributed by atoms with Crippen molar-refractivity contribution < 1.29 is 13.2 Å². The minimum Gasteiger partial charge on any atom is -0.348 e. The monoisotopic (exact) mass is 453 g/mol. The van der Waals surface area contributed by atoms with E-state index in [1.165, 1.54) is 16.1 Å². The number of carbonyl (C=O) groups excluding carboxylic acids is 1. The lowest BCUT2D eigenvalue weighted by Gasteiger charge is -2.19. The van der Waals surface area contributed by atoms with Crippen molar-refractivity contribution in [2.75, 3.05) is 32.9 Å². The number of hydrogen-bond acceptors (Lipinski definition) is 6. The van der Waals surface area contributed by atoms with Crippen molar-refractivity contribution in [1.82, 2.24) is 24.0 Å². The van der Waals surface area contributed by atoms with Gasteiger partial charge in [-0.25, -0.2) is 8.42 Å². The summed E-state index contributed by atoms with van der Waals surface area (Å²) >= 11 is 1.34. The van der Waals surface area contributed by atoms with E-state index in [1.807, 2.05) is 24.5 Å². The zero-order valence-electron chi connectivity index (χ0n) is 18.5. The van der Waals surface area contributed by atoms with Crippen molar-refractivity contribution in [3.63, 3.8) is 0 Å². The zero-order chi connectivity index (χ0) is 22.5. The number of rotatable bonds is 10. The van der Waals surface area contributed by atoms with E-state index in [0.717, 1.165) is 6.42 Å². The predicted molar refractivity (Wildman–Crippen MR) is 120 cm³/mol. The smallest absolute Gasteiger partial charge is 0.243 e. The van der Waals surface area contributed by atoms with E-state index in [0.29, 0.717) is 29.6 Å². The molecule has 0 aliphatic heterocycles. The standard InChI is InChI=1S/C20H31N5O3S2/c1-7-15(4)25-19(21-22-20(25)29-14-18(26)23(5)6)16-11-10-12-17(13-16)30(27,28)24(8-2)9-3/h10-13,15H,7-9,14H2,1-6H3. The lowest BCUT2D eigenvalue weighted by atomic mass is 10.2. The van der Waals surface area contributed by atoms with Crippen molar-refractivity contribution in [1.29, 1.82) is 0 Å². The van der Waals surface area contributed by atoms with E-state index in [1.54, 1.807) is 37.2 Å². The highest BCUT2D eigenvalue weighted by Crippen LogP contribution is 2.30. The minimum absolute atomic E-state index is 0.00688. The Bertz CT molecular complexity index is 969. The lowest BCUT2D eigenvalue weighted by molar-refractivity contribution is -0.125. The molecule has 8 nitrogen and oxygen atoms in total. The zero-order valence-corrected chi connectivity index (χ0v) is 20.1. The van der Waals surface area contributed by atoms with Crippen LogP contribution in [0.2, 0.25) is 0 Å². The SMILES string of the molecule is CCC(C)n1c(SCC(=O)N(C)C)nnc1-c1cccc(S(=O)(=O)N(CC)CC)c1. The van der Waals surface area contributed by atoms with E-state index in [9.17, 15) is 13.2 Å². The second kappa shape index (κ2) is 10.4. The molecular weight excluding hydrogens is 422 g/mol. The number of benzene rings is 1. The molecule has 0 saturated carbocycles. The molecule has 1 aromatic carbocycles. The fraction of sp³-hybridized carbons (Fsp3) is 0.550. The van der Waals surface area contributed by atoms with Gasteiger partial charge < -0.3 is 4.90 Å². The summed E-state index contributed by atoms with van der Waals surface area (Å²) in [6.45, 7) is 8.59. The normalized spacial score (nSPS) is 12.9. The van der Waals surface area contributed by atoms with E-state index in [-0.39, 0.29) is 22.6 Å². The molecular formula is C20H31N5O3S2. The van der Waals surface area contributed by atoms with Gasteiger partial charge in [-0.3, -0.25) is 9.36 Å². The number of aromatic nitrogens is 3. The molecule has 30 heavy (non-hydrogen) atoms. The Balaban J connectivity index is 2.48. The van der Waals surface area contributed by atoms with Gasteiger partial charge in [0.1, 0.15) is 0 Å². The summed E-state index contributed by atoms with van der Waals surface area (Å²) in [5, 5.41) is 9.29. The summed E-state index contributed by atoms with van der Waals surface area (Å²) in [4.78, 5) is 13.8. The van der Waals surface area contributed by atoms with Crippen LogP contribution in [0.25, 0.3) is 11.4 Å². The molecule has 1 unspecified atom stereocenters. The van der Waals surface area contributed by atoms with Crippen molar-refractivity contribution in [2.24, 2.45) is 0 Å². The van der Waals surface area contributed by atoms with Crippen molar-refractivity contribution in [3.8, 4) is 11.4 Å². The first kappa shape index (κ1) is 24.4. The molecule has 1 atom stereocenters. The first-order valence-electron chi connectivity index (χ1n) is 10.1.